The van der Waals surface area contributed by atoms with Crippen molar-refractivity contribution in [1.82, 2.24) is 10.2 Å². The number of nitrogens with one attached hydrogen (secondary N) is 2. The average molecular weight is 462 g/mol. The molecule has 1 aliphatic rings. The van der Waals surface area contributed by atoms with Crippen molar-refractivity contribution in [3.05, 3.63) is 65.2 Å². The number of rotatable bonds is 7. The number of hydrogen-bond donors (Lipinski definition) is 3. The van der Waals surface area contributed by atoms with Gasteiger partial charge in [-0.3, -0.25) is 19.2 Å². The van der Waals surface area contributed by atoms with Crippen molar-refractivity contribution in [1.29, 1.82) is 0 Å². The van der Waals surface area contributed by atoms with Gasteiger partial charge >= 0.3 is 6.18 Å². The third-order valence-electron chi connectivity index (χ3n) is 5.05. The number of primary amides is 1. The van der Waals surface area contributed by atoms with Crippen LogP contribution in [-0.2, 0) is 27.1 Å². The molecule has 1 heterocycles. The van der Waals surface area contributed by atoms with Crippen LogP contribution in [0.25, 0.3) is 0 Å². The summed E-state index contributed by atoms with van der Waals surface area (Å²) in [6.45, 7) is -0.250. The Hall–Kier alpha value is -3.89. The summed E-state index contributed by atoms with van der Waals surface area (Å²) >= 11 is 0. The minimum Gasteiger partial charge on any atom is -0.368 e. The van der Waals surface area contributed by atoms with Crippen molar-refractivity contribution in [2.45, 2.75) is 19.1 Å². The van der Waals surface area contributed by atoms with E-state index in [4.69, 9.17) is 5.73 Å². The van der Waals surface area contributed by atoms with Gasteiger partial charge in [0, 0.05) is 30.8 Å². The number of carbonyl (C=O) groups excluding carboxylic acids is 4. The number of anilines is 1. The first-order valence-corrected chi connectivity index (χ1v) is 9.94. The van der Waals surface area contributed by atoms with Crippen LogP contribution < -0.4 is 16.4 Å². The van der Waals surface area contributed by atoms with Crippen LogP contribution in [0.3, 0.4) is 0 Å². The van der Waals surface area contributed by atoms with E-state index in [0.717, 1.165) is 12.1 Å². The second kappa shape index (κ2) is 9.72. The molecule has 0 aromatic heterocycles. The molecule has 1 atom stereocenters. The number of nitrogens with two attached hydrogens (primary N) is 1. The van der Waals surface area contributed by atoms with Crippen LogP contribution in [0, 0.1) is 5.92 Å². The lowest BCUT2D eigenvalue weighted by Crippen LogP contribution is -2.33. The van der Waals surface area contributed by atoms with E-state index in [1.54, 1.807) is 0 Å². The normalized spacial score (nSPS) is 15.9. The zero-order chi connectivity index (χ0) is 24.2. The predicted octanol–water partition coefficient (Wildman–Crippen LogP) is 1.91. The molecule has 4 N–H and O–H groups in total. The van der Waals surface area contributed by atoms with E-state index in [2.05, 4.69) is 10.6 Å². The molecule has 0 bridgehead atoms. The molecule has 1 unspecified atom stereocenters. The zero-order valence-corrected chi connectivity index (χ0v) is 17.3. The number of halogens is 3. The number of alkyl halides is 3. The van der Waals surface area contributed by atoms with Gasteiger partial charge in [-0.1, -0.05) is 12.1 Å². The average Bonchev–Trinajstić information content (AvgIpc) is 3.12. The standard InChI is InChI=1S/C22H21F3N4O4/c23-22(24,25)16-3-1-2-13(8-16)11-29-12-15(9-19(29)31)21(33)28-17-6-4-14(5-7-17)20(32)27-10-18(26)30/h1-8,15H,9-12H2,(H2,26,30)(H,27,32)(H,28,33). The van der Waals surface area contributed by atoms with E-state index in [0.29, 0.717) is 11.3 Å². The molecule has 2 aromatic carbocycles. The van der Waals surface area contributed by atoms with Crippen molar-refractivity contribution in [3.63, 3.8) is 0 Å². The monoisotopic (exact) mass is 462 g/mol. The van der Waals surface area contributed by atoms with E-state index < -0.39 is 35.4 Å². The summed E-state index contributed by atoms with van der Waals surface area (Å²) in [4.78, 5) is 48.8. The Kier molecular flexibility index (Phi) is 7.00. The van der Waals surface area contributed by atoms with Gasteiger partial charge in [0.25, 0.3) is 5.91 Å². The summed E-state index contributed by atoms with van der Waals surface area (Å²) in [7, 11) is 0. The summed E-state index contributed by atoms with van der Waals surface area (Å²) in [6.07, 6.45) is -4.54. The topological polar surface area (TPSA) is 122 Å². The third kappa shape index (κ3) is 6.31. The molecule has 1 aliphatic heterocycles. The fourth-order valence-corrected chi connectivity index (χ4v) is 3.39. The first kappa shape index (κ1) is 23.8. The quantitative estimate of drug-likeness (QED) is 0.582. The van der Waals surface area contributed by atoms with Crippen LogP contribution in [0.5, 0.6) is 0 Å². The highest BCUT2D eigenvalue weighted by atomic mass is 19.4. The summed E-state index contributed by atoms with van der Waals surface area (Å²) in [5.41, 5.74) is 5.16. The van der Waals surface area contributed by atoms with E-state index in [1.165, 1.54) is 41.3 Å². The fourth-order valence-electron chi connectivity index (χ4n) is 3.39. The van der Waals surface area contributed by atoms with Crippen LogP contribution in [0.4, 0.5) is 18.9 Å². The van der Waals surface area contributed by atoms with Crippen molar-refractivity contribution < 1.29 is 32.3 Å². The lowest BCUT2D eigenvalue weighted by Gasteiger charge is -2.18. The van der Waals surface area contributed by atoms with Gasteiger partial charge in [-0.05, 0) is 42.0 Å². The van der Waals surface area contributed by atoms with E-state index in [1.807, 2.05) is 0 Å². The fraction of sp³-hybridized carbons (Fsp3) is 0.273. The van der Waals surface area contributed by atoms with E-state index >= 15 is 0 Å². The van der Waals surface area contributed by atoms with Gasteiger partial charge in [-0.25, -0.2) is 0 Å². The summed E-state index contributed by atoms with van der Waals surface area (Å²) in [6, 6.07) is 10.6. The Balaban J connectivity index is 1.57. The van der Waals surface area contributed by atoms with Gasteiger partial charge in [0.1, 0.15) is 0 Å². The number of hydrogen-bond acceptors (Lipinski definition) is 4. The molecular weight excluding hydrogens is 441 g/mol. The molecule has 8 nitrogen and oxygen atoms in total. The predicted molar refractivity (Wildman–Crippen MR) is 112 cm³/mol. The molecule has 174 valence electrons. The first-order chi connectivity index (χ1) is 15.5. The first-order valence-electron chi connectivity index (χ1n) is 9.94. The van der Waals surface area contributed by atoms with E-state index in [9.17, 15) is 32.3 Å². The molecule has 4 amide bonds. The lowest BCUT2D eigenvalue weighted by molar-refractivity contribution is -0.137. The zero-order valence-electron chi connectivity index (χ0n) is 17.3. The van der Waals surface area contributed by atoms with Crippen molar-refractivity contribution >= 4 is 29.3 Å². The molecule has 11 heteroatoms. The van der Waals surface area contributed by atoms with Gasteiger partial charge < -0.3 is 21.3 Å². The largest absolute Gasteiger partial charge is 0.416 e. The second-order valence-corrected chi connectivity index (χ2v) is 7.59. The highest BCUT2D eigenvalue weighted by Gasteiger charge is 2.35. The number of nitrogens with zero attached hydrogens (tertiary/aromatic N) is 1. The molecule has 1 saturated heterocycles. The smallest absolute Gasteiger partial charge is 0.368 e. The van der Waals surface area contributed by atoms with Gasteiger partial charge in [0.15, 0.2) is 0 Å². The Morgan fingerprint density at radius 2 is 1.79 bits per heavy atom. The number of benzene rings is 2. The Labute approximate surface area is 186 Å². The molecule has 2 aromatic rings. The Bertz CT molecular complexity index is 1070. The summed E-state index contributed by atoms with van der Waals surface area (Å²) < 4.78 is 38.7. The van der Waals surface area contributed by atoms with Crippen LogP contribution in [-0.4, -0.2) is 41.6 Å². The molecule has 0 spiro atoms. The second-order valence-electron chi connectivity index (χ2n) is 7.59. The highest BCUT2D eigenvalue weighted by Crippen LogP contribution is 2.30. The molecule has 1 fully saturated rings. The molecular formula is C22H21F3N4O4. The van der Waals surface area contributed by atoms with Crippen LogP contribution in [0.2, 0.25) is 0 Å². The van der Waals surface area contributed by atoms with Crippen molar-refractivity contribution in [3.8, 4) is 0 Å². The van der Waals surface area contributed by atoms with Crippen LogP contribution in [0.1, 0.15) is 27.9 Å². The number of likely N-dealkylation sites (tertiary alicyclic amines) is 1. The highest BCUT2D eigenvalue weighted by molar-refractivity contribution is 5.99. The lowest BCUT2D eigenvalue weighted by atomic mass is 10.1. The van der Waals surface area contributed by atoms with Gasteiger partial charge in [-0.15, -0.1) is 0 Å². The van der Waals surface area contributed by atoms with Crippen LogP contribution >= 0.6 is 0 Å². The van der Waals surface area contributed by atoms with Crippen molar-refractivity contribution in [2.75, 3.05) is 18.4 Å². The summed E-state index contributed by atoms with van der Waals surface area (Å²) in [5, 5.41) is 5.00. The molecule has 0 aliphatic carbocycles. The maximum absolute atomic E-state index is 12.9. The van der Waals surface area contributed by atoms with Gasteiger partial charge in [0.2, 0.25) is 17.7 Å². The van der Waals surface area contributed by atoms with Crippen LogP contribution in [0.15, 0.2) is 48.5 Å². The third-order valence-corrected chi connectivity index (χ3v) is 5.05. The van der Waals surface area contributed by atoms with Gasteiger partial charge in [0.05, 0.1) is 18.0 Å². The SMILES string of the molecule is NC(=O)CNC(=O)c1ccc(NC(=O)C2CC(=O)N(Cc3cccc(C(F)(F)F)c3)C2)cc1. The molecule has 0 radical (unpaired) electrons. The Morgan fingerprint density at radius 3 is 2.42 bits per heavy atom. The number of amides is 4. The van der Waals surface area contributed by atoms with Crippen molar-refractivity contribution in [2.24, 2.45) is 11.7 Å². The Morgan fingerprint density at radius 1 is 1.09 bits per heavy atom. The maximum atomic E-state index is 12.9. The summed E-state index contributed by atoms with van der Waals surface area (Å²) in [5.74, 6) is -2.59. The maximum Gasteiger partial charge on any atom is 0.416 e. The molecule has 33 heavy (non-hydrogen) atoms. The minimum absolute atomic E-state index is 0.0261. The van der Waals surface area contributed by atoms with E-state index in [-0.39, 0.29) is 37.5 Å². The molecule has 0 saturated carbocycles. The molecule has 3 rings (SSSR count). The number of carbonyl (C=O) groups is 4. The van der Waals surface area contributed by atoms with Gasteiger partial charge in [-0.2, -0.15) is 13.2 Å². The minimum atomic E-state index is -4.48.